The van der Waals surface area contributed by atoms with Crippen LogP contribution in [0.15, 0.2) is 29.1 Å². The van der Waals surface area contributed by atoms with E-state index in [0.29, 0.717) is 24.6 Å². The van der Waals surface area contributed by atoms with Crippen LogP contribution >= 0.6 is 0 Å². The van der Waals surface area contributed by atoms with Crippen LogP contribution in [0.2, 0.25) is 0 Å². The number of hydrogen-bond donors (Lipinski definition) is 1. The molecule has 25 heavy (non-hydrogen) atoms. The Kier molecular flexibility index (Phi) is 4.14. The Labute approximate surface area is 142 Å². The van der Waals surface area contributed by atoms with Crippen molar-refractivity contribution >= 4 is 18.1 Å². The van der Waals surface area contributed by atoms with Gasteiger partial charge in [-0.15, -0.1) is 10.2 Å². The minimum absolute atomic E-state index is 0.0890. The first kappa shape index (κ1) is 17.2. The van der Waals surface area contributed by atoms with Crippen LogP contribution in [0.4, 0.5) is 19.1 Å². The predicted molar refractivity (Wildman–Crippen MR) is 88.9 cm³/mol. The molecule has 1 aliphatic heterocycles. The van der Waals surface area contributed by atoms with Crippen molar-refractivity contribution < 1.29 is 13.2 Å². The van der Waals surface area contributed by atoms with Crippen LogP contribution in [0, 0.1) is 5.41 Å². The lowest BCUT2D eigenvalue weighted by molar-refractivity contribution is -0.137. The Morgan fingerprint density at radius 3 is 2.48 bits per heavy atom. The van der Waals surface area contributed by atoms with Gasteiger partial charge in [-0.2, -0.15) is 13.2 Å². The summed E-state index contributed by atoms with van der Waals surface area (Å²) in [4.78, 5) is 12.5. The molecule has 1 aromatic heterocycles. The lowest BCUT2D eigenvalue weighted by Crippen LogP contribution is -2.41. The van der Waals surface area contributed by atoms with E-state index in [0.717, 1.165) is 12.1 Å². The first-order valence-corrected chi connectivity index (χ1v) is 7.72. The van der Waals surface area contributed by atoms with Gasteiger partial charge in [0.1, 0.15) is 0 Å². The summed E-state index contributed by atoms with van der Waals surface area (Å²) in [5, 5.41) is 11.0. The normalized spacial score (nSPS) is 16.5. The number of rotatable bonds is 2. The topological polar surface area (TPSA) is 59.8 Å². The van der Waals surface area contributed by atoms with E-state index in [4.69, 9.17) is 0 Å². The van der Waals surface area contributed by atoms with E-state index in [1.165, 1.54) is 22.8 Å². The maximum atomic E-state index is 12.6. The molecular formula is C17H17F3N4O. The summed E-state index contributed by atoms with van der Waals surface area (Å²) in [6.07, 6.45) is -1.36. The average Bonchev–Trinajstić information content (AvgIpc) is 2.54. The van der Waals surface area contributed by atoms with E-state index >= 15 is 0 Å². The Bertz CT molecular complexity index is 867. The first-order valence-electron chi connectivity index (χ1n) is 7.72. The SMILES string of the molecule is CC1(C)CNc2nnc(/C=C/c3ccc(C(F)(F)F)cc3)c(=O)n2C1. The summed E-state index contributed by atoms with van der Waals surface area (Å²) < 4.78 is 39.2. The first-order chi connectivity index (χ1) is 11.7. The van der Waals surface area contributed by atoms with Gasteiger partial charge in [0.05, 0.1) is 5.56 Å². The highest BCUT2D eigenvalue weighted by molar-refractivity contribution is 5.67. The smallest absolute Gasteiger partial charge is 0.354 e. The Hall–Kier alpha value is -2.64. The maximum absolute atomic E-state index is 12.6. The van der Waals surface area contributed by atoms with Crippen molar-refractivity contribution in [3.63, 3.8) is 0 Å². The van der Waals surface area contributed by atoms with Crippen LogP contribution in [0.25, 0.3) is 12.2 Å². The average molecular weight is 350 g/mol. The van der Waals surface area contributed by atoms with Gasteiger partial charge in [-0.05, 0) is 23.8 Å². The van der Waals surface area contributed by atoms with Crippen LogP contribution in [-0.4, -0.2) is 21.3 Å². The standard InChI is InChI=1S/C17H17F3N4O/c1-16(2)9-21-15-23-22-13(14(25)24(15)10-16)8-5-11-3-6-12(7-4-11)17(18,19)20/h3-8H,9-10H2,1-2H3,(H,21,23)/b8-5+. The van der Waals surface area contributed by atoms with Gasteiger partial charge in [0.2, 0.25) is 5.95 Å². The molecule has 0 bridgehead atoms. The highest BCUT2D eigenvalue weighted by atomic mass is 19.4. The second-order valence-corrected chi connectivity index (χ2v) is 6.77. The fourth-order valence-corrected chi connectivity index (χ4v) is 2.58. The number of benzene rings is 1. The summed E-state index contributed by atoms with van der Waals surface area (Å²) in [6, 6.07) is 4.68. The highest BCUT2D eigenvalue weighted by Crippen LogP contribution is 2.29. The van der Waals surface area contributed by atoms with Crippen molar-refractivity contribution in [1.82, 2.24) is 14.8 Å². The third kappa shape index (κ3) is 3.72. The van der Waals surface area contributed by atoms with Crippen molar-refractivity contribution in [2.24, 2.45) is 5.41 Å². The molecule has 0 amide bonds. The summed E-state index contributed by atoms with van der Waals surface area (Å²) in [5.74, 6) is 0.427. The largest absolute Gasteiger partial charge is 0.416 e. The van der Waals surface area contributed by atoms with Gasteiger partial charge in [-0.25, -0.2) is 0 Å². The van der Waals surface area contributed by atoms with Crippen molar-refractivity contribution in [2.45, 2.75) is 26.6 Å². The number of nitrogens with one attached hydrogen (secondary N) is 1. The van der Waals surface area contributed by atoms with E-state index in [1.54, 1.807) is 6.08 Å². The van der Waals surface area contributed by atoms with Crippen LogP contribution in [0.1, 0.15) is 30.7 Å². The molecule has 1 N–H and O–H groups in total. The van der Waals surface area contributed by atoms with Gasteiger partial charge in [0.25, 0.3) is 5.56 Å². The quantitative estimate of drug-likeness (QED) is 0.903. The molecule has 132 valence electrons. The van der Waals surface area contributed by atoms with Crippen molar-refractivity contribution in [3.8, 4) is 0 Å². The van der Waals surface area contributed by atoms with E-state index in [1.807, 2.05) is 13.8 Å². The molecule has 3 rings (SSSR count). The molecule has 0 saturated carbocycles. The zero-order valence-corrected chi connectivity index (χ0v) is 13.8. The zero-order chi connectivity index (χ0) is 18.2. The highest BCUT2D eigenvalue weighted by Gasteiger charge is 2.30. The Morgan fingerprint density at radius 1 is 1.16 bits per heavy atom. The molecule has 1 aromatic carbocycles. The minimum atomic E-state index is -4.37. The number of nitrogens with zero attached hydrogens (tertiary/aromatic N) is 3. The van der Waals surface area contributed by atoms with Crippen LogP contribution in [0.5, 0.6) is 0 Å². The van der Waals surface area contributed by atoms with Gasteiger partial charge in [0.15, 0.2) is 5.69 Å². The lowest BCUT2D eigenvalue weighted by atomic mass is 9.92. The summed E-state index contributed by atoms with van der Waals surface area (Å²) in [7, 11) is 0. The predicted octanol–water partition coefficient (Wildman–Crippen LogP) is 3.28. The van der Waals surface area contributed by atoms with Gasteiger partial charge < -0.3 is 5.32 Å². The number of alkyl halides is 3. The van der Waals surface area contributed by atoms with E-state index in [2.05, 4.69) is 15.5 Å². The number of hydrogen-bond acceptors (Lipinski definition) is 4. The van der Waals surface area contributed by atoms with Gasteiger partial charge in [-0.3, -0.25) is 9.36 Å². The molecule has 8 heteroatoms. The van der Waals surface area contributed by atoms with Crippen LogP contribution in [0.3, 0.4) is 0 Å². The summed E-state index contributed by atoms with van der Waals surface area (Å²) in [5.41, 5.74) is -0.410. The van der Waals surface area contributed by atoms with E-state index in [9.17, 15) is 18.0 Å². The lowest BCUT2D eigenvalue weighted by Gasteiger charge is -2.32. The molecule has 0 aliphatic carbocycles. The van der Waals surface area contributed by atoms with Crippen molar-refractivity contribution in [3.05, 3.63) is 51.4 Å². The minimum Gasteiger partial charge on any atom is -0.354 e. The maximum Gasteiger partial charge on any atom is 0.416 e. The van der Waals surface area contributed by atoms with E-state index < -0.39 is 11.7 Å². The van der Waals surface area contributed by atoms with Crippen molar-refractivity contribution in [1.29, 1.82) is 0 Å². The van der Waals surface area contributed by atoms with Gasteiger partial charge in [0, 0.05) is 18.5 Å². The van der Waals surface area contributed by atoms with Crippen LogP contribution in [-0.2, 0) is 12.7 Å². The molecule has 5 nitrogen and oxygen atoms in total. The molecule has 1 aliphatic rings. The summed E-state index contributed by atoms with van der Waals surface area (Å²) in [6.45, 7) is 5.29. The number of anilines is 1. The molecule has 0 unspecified atom stereocenters. The molecular weight excluding hydrogens is 333 g/mol. The molecule has 0 spiro atoms. The van der Waals surface area contributed by atoms with Crippen molar-refractivity contribution in [2.75, 3.05) is 11.9 Å². The molecule has 0 fully saturated rings. The second-order valence-electron chi connectivity index (χ2n) is 6.77. The number of halogens is 3. The van der Waals surface area contributed by atoms with Gasteiger partial charge in [-0.1, -0.05) is 32.1 Å². The van der Waals surface area contributed by atoms with Gasteiger partial charge >= 0.3 is 6.18 Å². The zero-order valence-electron chi connectivity index (χ0n) is 13.8. The number of aromatic nitrogens is 3. The third-order valence-electron chi connectivity index (χ3n) is 3.96. The molecule has 2 heterocycles. The monoisotopic (exact) mass is 350 g/mol. The second kappa shape index (κ2) is 6.02. The molecule has 0 atom stereocenters. The fraction of sp³-hybridized carbons (Fsp3) is 0.353. The number of fused-ring (bicyclic) bond motifs is 1. The fourth-order valence-electron chi connectivity index (χ4n) is 2.58. The molecule has 2 aromatic rings. The van der Waals surface area contributed by atoms with E-state index in [-0.39, 0.29) is 16.7 Å². The molecule has 0 radical (unpaired) electrons. The molecule has 0 saturated heterocycles. The van der Waals surface area contributed by atoms with Crippen LogP contribution < -0.4 is 10.9 Å². The summed E-state index contributed by atoms with van der Waals surface area (Å²) >= 11 is 0. The Morgan fingerprint density at radius 2 is 1.84 bits per heavy atom. The Balaban J connectivity index is 1.86. The third-order valence-corrected chi connectivity index (χ3v) is 3.96.